The van der Waals surface area contributed by atoms with Crippen LogP contribution in [0.2, 0.25) is 0 Å². The number of imidazole rings is 1. The molecule has 0 amide bonds. The number of aromatic nitrogens is 3. The SMILES string of the molecule is CSc1nc(-c2ccnc(SCCCO)c2)c(-c2ccc(F)cc2)[nH]1. The van der Waals surface area contributed by atoms with Crippen molar-refractivity contribution in [2.24, 2.45) is 0 Å². The van der Waals surface area contributed by atoms with Crippen molar-refractivity contribution in [1.82, 2.24) is 15.0 Å². The second-order valence-electron chi connectivity index (χ2n) is 5.28. The van der Waals surface area contributed by atoms with E-state index in [1.54, 1.807) is 30.1 Å². The lowest BCUT2D eigenvalue weighted by Crippen LogP contribution is -1.89. The average molecular weight is 375 g/mol. The third-order valence-electron chi connectivity index (χ3n) is 3.57. The van der Waals surface area contributed by atoms with Crippen LogP contribution in [0.4, 0.5) is 4.39 Å². The number of thioether (sulfide) groups is 2. The van der Waals surface area contributed by atoms with Gasteiger partial charge < -0.3 is 10.1 Å². The number of nitrogens with zero attached hydrogens (tertiary/aromatic N) is 2. The first-order chi connectivity index (χ1) is 12.2. The summed E-state index contributed by atoms with van der Waals surface area (Å²) in [7, 11) is 0. The van der Waals surface area contributed by atoms with E-state index in [-0.39, 0.29) is 12.4 Å². The predicted octanol–water partition coefficient (Wildman–Crippen LogP) is 4.47. The second-order valence-corrected chi connectivity index (χ2v) is 7.20. The molecule has 0 aliphatic heterocycles. The fraction of sp³-hybridized carbons (Fsp3) is 0.222. The molecule has 0 bridgehead atoms. The van der Waals surface area contributed by atoms with Crippen molar-refractivity contribution in [2.45, 2.75) is 16.6 Å². The van der Waals surface area contributed by atoms with E-state index in [9.17, 15) is 4.39 Å². The molecule has 0 radical (unpaired) electrons. The molecule has 7 heteroatoms. The molecule has 2 aromatic heterocycles. The van der Waals surface area contributed by atoms with Crippen molar-refractivity contribution in [3.8, 4) is 22.5 Å². The zero-order valence-electron chi connectivity index (χ0n) is 13.7. The minimum atomic E-state index is -0.263. The van der Waals surface area contributed by atoms with Gasteiger partial charge in [0, 0.05) is 29.7 Å². The first kappa shape index (κ1) is 18.0. The van der Waals surface area contributed by atoms with Crippen molar-refractivity contribution < 1.29 is 9.50 Å². The summed E-state index contributed by atoms with van der Waals surface area (Å²) < 4.78 is 13.2. The molecule has 2 heterocycles. The molecule has 1 aromatic carbocycles. The van der Waals surface area contributed by atoms with Crippen LogP contribution >= 0.6 is 23.5 Å². The maximum Gasteiger partial charge on any atom is 0.166 e. The zero-order chi connectivity index (χ0) is 17.6. The summed E-state index contributed by atoms with van der Waals surface area (Å²) in [5, 5.41) is 10.6. The summed E-state index contributed by atoms with van der Waals surface area (Å²) in [6.45, 7) is 0.178. The number of aromatic amines is 1. The molecule has 3 aromatic rings. The van der Waals surface area contributed by atoms with Crippen molar-refractivity contribution in [1.29, 1.82) is 0 Å². The molecule has 0 aliphatic rings. The number of aliphatic hydroxyl groups is 1. The van der Waals surface area contributed by atoms with E-state index < -0.39 is 0 Å². The van der Waals surface area contributed by atoms with Crippen LogP contribution in [0.3, 0.4) is 0 Å². The second kappa shape index (κ2) is 8.51. The maximum absolute atomic E-state index is 13.2. The van der Waals surface area contributed by atoms with Crippen LogP contribution in [0.25, 0.3) is 22.5 Å². The molecule has 0 fully saturated rings. The fourth-order valence-corrected chi connectivity index (χ4v) is 3.57. The third-order valence-corrected chi connectivity index (χ3v) is 5.16. The topological polar surface area (TPSA) is 61.8 Å². The number of hydrogen-bond donors (Lipinski definition) is 2. The molecule has 25 heavy (non-hydrogen) atoms. The molecule has 3 rings (SSSR count). The van der Waals surface area contributed by atoms with Crippen molar-refractivity contribution in [2.75, 3.05) is 18.6 Å². The van der Waals surface area contributed by atoms with Gasteiger partial charge in [0.15, 0.2) is 5.16 Å². The van der Waals surface area contributed by atoms with Gasteiger partial charge >= 0.3 is 0 Å². The lowest BCUT2D eigenvalue weighted by atomic mass is 10.1. The molecular weight excluding hydrogens is 357 g/mol. The molecule has 0 spiro atoms. The summed E-state index contributed by atoms with van der Waals surface area (Å²) in [6.07, 6.45) is 4.45. The fourth-order valence-electron chi connectivity index (χ4n) is 2.36. The van der Waals surface area contributed by atoms with Gasteiger partial charge in [0.05, 0.1) is 16.4 Å². The molecule has 4 nitrogen and oxygen atoms in total. The highest BCUT2D eigenvalue weighted by atomic mass is 32.2. The predicted molar refractivity (Wildman–Crippen MR) is 101 cm³/mol. The zero-order valence-corrected chi connectivity index (χ0v) is 15.3. The molecule has 130 valence electrons. The van der Waals surface area contributed by atoms with Gasteiger partial charge in [0.2, 0.25) is 0 Å². The van der Waals surface area contributed by atoms with Crippen molar-refractivity contribution in [3.05, 3.63) is 48.4 Å². The Morgan fingerprint density at radius 2 is 1.96 bits per heavy atom. The molecule has 0 aliphatic carbocycles. The highest BCUT2D eigenvalue weighted by molar-refractivity contribution is 7.99. The van der Waals surface area contributed by atoms with Crippen LogP contribution in [0.15, 0.2) is 52.8 Å². The van der Waals surface area contributed by atoms with E-state index in [1.807, 2.05) is 18.4 Å². The van der Waals surface area contributed by atoms with Crippen molar-refractivity contribution in [3.63, 3.8) is 0 Å². The Hall–Kier alpha value is -1.83. The maximum atomic E-state index is 13.2. The van der Waals surface area contributed by atoms with Gasteiger partial charge in [-0.1, -0.05) is 11.8 Å². The smallest absolute Gasteiger partial charge is 0.166 e. The van der Waals surface area contributed by atoms with Gasteiger partial charge in [-0.05, 0) is 49.1 Å². The standard InChI is InChI=1S/C18H18FN3OS2/c1-24-18-21-16(12-3-5-14(19)6-4-12)17(22-18)13-7-8-20-15(11-13)25-10-2-9-23/h3-8,11,23H,2,9-10H2,1H3,(H,21,22). The molecule has 0 unspecified atom stereocenters. The number of halogens is 1. The van der Waals surface area contributed by atoms with Crippen LogP contribution in [0.5, 0.6) is 0 Å². The van der Waals surface area contributed by atoms with Gasteiger partial charge in [0.1, 0.15) is 5.82 Å². The number of aliphatic hydroxyl groups excluding tert-OH is 1. The summed E-state index contributed by atoms with van der Waals surface area (Å²) in [4.78, 5) is 12.3. The van der Waals surface area contributed by atoms with Crippen LogP contribution in [0.1, 0.15) is 6.42 Å². The number of nitrogens with one attached hydrogen (secondary N) is 1. The minimum absolute atomic E-state index is 0.178. The van der Waals surface area contributed by atoms with Crippen LogP contribution in [-0.2, 0) is 0 Å². The molecule has 2 N–H and O–H groups in total. The largest absolute Gasteiger partial charge is 0.396 e. The third kappa shape index (κ3) is 4.42. The molecule has 0 atom stereocenters. The lowest BCUT2D eigenvalue weighted by Gasteiger charge is -2.05. The van der Waals surface area contributed by atoms with Crippen LogP contribution < -0.4 is 0 Å². The first-order valence-corrected chi connectivity index (χ1v) is 10.0. The van der Waals surface area contributed by atoms with Crippen LogP contribution in [0, 0.1) is 5.82 Å². The van der Waals surface area contributed by atoms with Crippen molar-refractivity contribution >= 4 is 23.5 Å². The monoisotopic (exact) mass is 375 g/mol. The van der Waals surface area contributed by atoms with Gasteiger partial charge in [-0.3, -0.25) is 0 Å². The van der Waals surface area contributed by atoms with E-state index in [0.29, 0.717) is 0 Å². The molecule has 0 saturated heterocycles. The number of pyridine rings is 1. The molecular formula is C18H18FN3OS2. The van der Waals surface area contributed by atoms with E-state index in [2.05, 4.69) is 15.0 Å². The Bertz CT molecular complexity index is 837. The molecule has 0 saturated carbocycles. The Kier molecular flexibility index (Phi) is 6.12. The highest BCUT2D eigenvalue weighted by Crippen LogP contribution is 2.33. The summed E-state index contributed by atoms with van der Waals surface area (Å²) in [5.74, 6) is 0.551. The van der Waals surface area contributed by atoms with Gasteiger partial charge in [0.25, 0.3) is 0 Å². The van der Waals surface area contributed by atoms with E-state index in [1.165, 1.54) is 23.9 Å². The van der Waals surface area contributed by atoms with Crippen LogP contribution in [-0.4, -0.2) is 38.7 Å². The minimum Gasteiger partial charge on any atom is -0.396 e. The van der Waals surface area contributed by atoms with Gasteiger partial charge in [-0.2, -0.15) is 0 Å². The van der Waals surface area contributed by atoms with Gasteiger partial charge in [-0.25, -0.2) is 14.4 Å². The number of benzene rings is 1. The summed E-state index contributed by atoms with van der Waals surface area (Å²) >= 11 is 3.13. The Labute approximate surface area is 154 Å². The van der Waals surface area contributed by atoms with Gasteiger partial charge in [-0.15, -0.1) is 11.8 Å². The Morgan fingerprint density at radius 1 is 1.16 bits per heavy atom. The average Bonchev–Trinajstić information content (AvgIpc) is 3.07. The normalized spacial score (nSPS) is 11.0. The Morgan fingerprint density at radius 3 is 2.68 bits per heavy atom. The Balaban J connectivity index is 1.97. The quantitative estimate of drug-likeness (QED) is 0.471. The highest BCUT2D eigenvalue weighted by Gasteiger charge is 2.15. The van der Waals surface area contributed by atoms with E-state index in [4.69, 9.17) is 5.11 Å². The number of rotatable bonds is 7. The first-order valence-electron chi connectivity index (χ1n) is 7.81. The van der Waals surface area contributed by atoms with E-state index in [0.717, 1.165) is 44.9 Å². The van der Waals surface area contributed by atoms with E-state index >= 15 is 0 Å². The summed E-state index contributed by atoms with van der Waals surface area (Å²) in [5.41, 5.74) is 3.53. The lowest BCUT2D eigenvalue weighted by molar-refractivity contribution is 0.296. The number of hydrogen-bond acceptors (Lipinski definition) is 5. The number of H-pyrrole nitrogens is 1. The summed E-state index contributed by atoms with van der Waals surface area (Å²) in [6, 6.07) is 10.3.